The highest BCUT2D eigenvalue weighted by Crippen LogP contribution is 2.37. The molecule has 2 heterocycles. The van der Waals surface area contributed by atoms with E-state index in [4.69, 9.17) is 13.6 Å². The van der Waals surface area contributed by atoms with Crippen LogP contribution in [0.3, 0.4) is 0 Å². The highest BCUT2D eigenvalue weighted by atomic mass is 32.2. The van der Waals surface area contributed by atoms with Crippen molar-refractivity contribution in [2.45, 2.75) is 17.7 Å². The fraction of sp³-hybridized carbons (Fsp3) is 0.273. The molecular formula is C22H24N8O4S. The Labute approximate surface area is 206 Å². The van der Waals surface area contributed by atoms with Crippen LogP contribution in [0, 0.1) is 10.7 Å². The minimum absolute atomic E-state index is 0.0551. The number of nitrogens with zero attached hydrogens (tertiary/aromatic N) is 4. The fourth-order valence-corrected chi connectivity index (χ4v) is 3.69. The molecule has 1 saturated carbocycles. The van der Waals surface area contributed by atoms with Crippen LogP contribution >= 0.6 is 0 Å². The number of benzene rings is 1. The lowest BCUT2D eigenvalue weighted by atomic mass is 10.1. The summed E-state index contributed by atoms with van der Waals surface area (Å²) in [5, 5.41) is 15.2. The normalized spacial score (nSPS) is 16.1. The van der Waals surface area contributed by atoms with Gasteiger partial charge in [-0.25, -0.2) is 19.0 Å². The first-order valence-corrected chi connectivity index (χ1v) is 12.3. The quantitative estimate of drug-likeness (QED) is 0.363. The van der Waals surface area contributed by atoms with Gasteiger partial charge in [-0.1, -0.05) is 6.07 Å². The predicted octanol–water partition coefficient (Wildman–Crippen LogP) is 2.43. The Hall–Kier alpha value is -4.13. The SMILES string of the molecule is [2H]C([2H])([2H])NC(=O)c1nnc(NC(=O)C2CC2)cc1Nc1cccc(-c2ncc([S@@](C)(=N)=O)cn2)c1OC. The van der Waals surface area contributed by atoms with Crippen LogP contribution in [0.4, 0.5) is 17.2 Å². The fourth-order valence-electron chi connectivity index (χ4n) is 3.18. The number of amides is 2. The van der Waals surface area contributed by atoms with Gasteiger partial charge in [-0.3, -0.25) is 9.59 Å². The van der Waals surface area contributed by atoms with E-state index in [1.165, 1.54) is 31.8 Å². The highest BCUT2D eigenvalue weighted by Gasteiger charge is 2.30. The zero-order chi connectivity index (χ0) is 27.7. The summed E-state index contributed by atoms with van der Waals surface area (Å²) in [5.74, 6) is -0.774. The molecule has 35 heavy (non-hydrogen) atoms. The first kappa shape index (κ1) is 20.3. The van der Waals surface area contributed by atoms with E-state index >= 15 is 0 Å². The van der Waals surface area contributed by atoms with Crippen LogP contribution in [0.25, 0.3) is 11.4 Å². The van der Waals surface area contributed by atoms with E-state index in [0.29, 0.717) is 11.3 Å². The molecule has 1 aliphatic carbocycles. The predicted molar refractivity (Wildman–Crippen MR) is 129 cm³/mol. The van der Waals surface area contributed by atoms with Gasteiger partial charge >= 0.3 is 0 Å². The van der Waals surface area contributed by atoms with E-state index in [9.17, 15) is 13.8 Å². The molecule has 4 N–H and O–H groups in total. The molecule has 0 saturated heterocycles. The number of hydrogen-bond donors (Lipinski definition) is 4. The number of rotatable bonds is 8. The smallest absolute Gasteiger partial charge is 0.273 e. The van der Waals surface area contributed by atoms with Crippen LogP contribution in [0.15, 0.2) is 41.6 Å². The third-order valence-corrected chi connectivity index (χ3v) is 6.24. The van der Waals surface area contributed by atoms with Gasteiger partial charge < -0.3 is 20.7 Å². The van der Waals surface area contributed by atoms with E-state index in [1.807, 2.05) is 5.32 Å². The molecule has 1 aromatic carbocycles. The molecule has 1 atom stereocenters. The second-order valence-electron chi connectivity index (χ2n) is 7.81. The molecule has 1 aliphatic rings. The van der Waals surface area contributed by atoms with E-state index in [-0.39, 0.29) is 45.5 Å². The molecule has 0 radical (unpaired) electrons. The summed E-state index contributed by atoms with van der Waals surface area (Å²) in [6, 6.07) is 6.34. The van der Waals surface area contributed by atoms with Crippen molar-refractivity contribution in [1.29, 1.82) is 4.78 Å². The summed E-state index contributed by atoms with van der Waals surface area (Å²) in [4.78, 5) is 33.5. The van der Waals surface area contributed by atoms with Gasteiger partial charge in [-0.2, -0.15) is 0 Å². The van der Waals surface area contributed by atoms with Crippen molar-refractivity contribution in [3.63, 3.8) is 0 Å². The number of anilines is 3. The minimum Gasteiger partial charge on any atom is -0.494 e. The molecule has 0 unspecified atom stereocenters. The molecule has 3 aromatic rings. The monoisotopic (exact) mass is 499 g/mol. The van der Waals surface area contributed by atoms with E-state index in [0.717, 1.165) is 12.8 Å². The van der Waals surface area contributed by atoms with Crippen molar-refractivity contribution < 1.29 is 22.6 Å². The molecule has 0 bridgehead atoms. The van der Waals surface area contributed by atoms with E-state index in [2.05, 4.69) is 30.8 Å². The average Bonchev–Trinajstić information content (AvgIpc) is 3.68. The Balaban J connectivity index is 1.73. The molecule has 1 fully saturated rings. The van der Waals surface area contributed by atoms with E-state index in [1.54, 1.807) is 18.2 Å². The van der Waals surface area contributed by atoms with Crippen molar-refractivity contribution in [3.8, 4) is 17.1 Å². The lowest BCUT2D eigenvalue weighted by Gasteiger charge is -2.16. The maximum Gasteiger partial charge on any atom is 0.273 e. The number of methoxy groups -OCH3 is 1. The Morgan fingerprint density at radius 2 is 1.94 bits per heavy atom. The Morgan fingerprint density at radius 1 is 1.20 bits per heavy atom. The lowest BCUT2D eigenvalue weighted by Crippen LogP contribution is -2.22. The zero-order valence-corrected chi connectivity index (χ0v) is 19.6. The van der Waals surface area contributed by atoms with Crippen molar-refractivity contribution >= 4 is 38.7 Å². The number of nitrogens with one attached hydrogen (secondary N) is 4. The van der Waals surface area contributed by atoms with Crippen molar-refractivity contribution in [2.75, 3.05) is 31.0 Å². The minimum atomic E-state index is -3.00. The largest absolute Gasteiger partial charge is 0.494 e. The first-order valence-electron chi connectivity index (χ1n) is 11.9. The van der Waals surface area contributed by atoms with Crippen LogP contribution in [-0.2, 0) is 14.5 Å². The van der Waals surface area contributed by atoms with Crippen LogP contribution in [0.5, 0.6) is 5.75 Å². The van der Waals surface area contributed by atoms with Crippen LogP contribution < -0.4 is 20.7 Å². The molecule has 13 heteroatoms. The second-order valence-corrected chi connectivity index (χ2v) is 9.97. The summed E-state index contributed by atoms with van der Waals surface area (Å²) in [7, 11) is -1.58. The molecular weight excluding hydrogens is 472 g/mol. The van der Waals surface area contributed by atoms with Gasteiger partial charge in [-0.15, -0.1) is 10.2 Å². The summed E-state index contributed by atoms with van der Waals surface area (Å²) in [5.41, 5.74) is 0.508. The lowest BCUT2D eigenvalue weighted by molar-refractivity contribution is -0.117. The van der Waals surface area contributed by atoms with Crippen LogP contribution in [0.1, 0.15) is 27.4 Å². The summed E-state index contributed by atoms with van der Waals surface area (Å²) in [6.07, 6.45) is 5.41. The van der Waals surface area contributed by atoms with Gasteiger partial charge in [0.05, 0.1) is 38.7 Å². The third-order valence-electron chi connectivity index (χ3n) is 5.13. The number of hydrogen-bond acceptors (Lipinski definition) is 10. The Morgan fingerprint density at radius 3 is 2.57 bits per heavy atom. The molecule has 182 valence electrons. The number of para-hydroxylation sites is 1. The van der Waals surface area contributed by atoms with Crippen molar-refractivity contribution in [3.05, 3.63) is 42.4 Å². The summed E-state index contributed by atoms with van der Waals surface area (Å²) in [6.45, 7) is -2.77. The third kappa shape index (κ3) is 5.35. The number of ether oxygens (including phenoxy) is 1. The van der Waals surface area contributed by atoms with Crippen molar-refractivity contribution in [1.82, 2.24) is 25.5 Å². The highest BCUT2D eigenvalue weighted by molar-refractivity contribution is 7.91. The van der Waals surface area contributed by atoms with Gasteiger partial charge in [0.25, 0.3) is 5.91 Å². The van der Waals surface area contributed by atoms with Crippen molar-refractivity contribution in [2.24, 2.45) is 5.92 Å². The van der Waals surface area contributed by atoms with Gasteiger partial charge in [0.15, 0.2) is 23.1 Å². The molecule has 4 rings (SSSR count). The van der Waals surface area contributed by atoms with Gasteiger partial charge in [0, 0.05) is 41.7 Å². The van der Waals surface area contributed by atoms with Crippen LogP contribution in [-0.4, -0.2) is 56.5 Å². The molecule has 0 aliphatic heterocycles. The molecule has 12 nitrogen and oxygen atoms in total. The number of carbonyl (C=O) groups is 2. The maximum atomic E-state index is 12.7. The zero-order valence-electron chi connectivity index (χ0n) is 21.8. The Bertz CT molecular complexity index is 1490. The van der Waals surface area contributed by atoms with E-state index < -0.39 is 22.6 Å². The van der Waals surface area contributed by atoms with Gasteiger partial charge in [-0.05, 0) is 25.0 Å². The summed E-state index contributed by atoms with van der Waals surface area (Å²) >= 11 is 0. The second kappa shape index (κ2) is 9.62. The Kier molecular flexibility index (Phi) is 5.57. The molecule has 2 amide bonds. The first-order chi connectivity index (χ1) is 17.9. The maximum absolute atomic E-state index is 12.7. The van der Waals surface area contributed by atoms with Gasteiger partial charge in [0.2, 0.25) is 5.91 Å². The standard InChI is InChI=1S/C22H24N8O4S/c1-24-22(32)18-16(9-17(29-30-18)28-21(31)12-7-8-12)27-15-6-4-5-14(19(15)34-2)20-25-10-13(11-26-20)35(3,23)33/h4-6,9-12,23H,7-8H2,1-3H3,(H,24,32)(H2,27,28,29,31)/t35-/m0/s1/i1D3. The number of aromatic nitrogens is 4. The average molecular weight is 500 g/mol. The van der Waals surface area contributed by atoms with Crippen LogP contribution in [0.2, 0.25) is 0 Å². The topological polar surface area (TPSA) is 172 Å². The molecule has 0 spiro atoms. The number of carbonyl (C=O) groups excluding carboxylic acids is 2. The molecule has 2 aromatic heterocycles. The van der Waals surface area contributed by atoms with Gasteiger partial charge in [0.1, 0.15) is 0 Å². The summed E-state index contributed by atoms with van der Waals surface area (Å²) < 4.78 is 47.3.